The van der Waals surface area contributed by atoms with Gasteiger partial charge in [-0.2, -0.15) is 0 Å². The summed E-state index contributed by atoms with van der Waals surface area (Å²) in [5.74, 6) is -0.503. The molecule has 0 bridgehead atoms. The Kier molecular flexibility index (Phi) is 7.73. The second-order valence-electron chi connectivity index (χ2n) is 6.84. The van der Waals surface area contributed by atoms with Crippen LogP contribution >= 0.6 is 27.3 Å². The number of carbonyl (C=O) groups excluding carboxylic acids is 2. The van der Waals surface area contributed by atoms with Gasteiger partial charge in [-0.3, -0.25) is 14.9 Å². The normalized spacial score (nSPS) is 10.8. The van der Waals surface area contributed by atoms with Crippen LogP contribution in [-0.2, 0) is 16.1 Å². The molecule has 156 valence electrons. The van der Waals surface area contributed by atoms with E-state index in [4.69, 9.17) is 4.74 Å². The fraction of sp³-hybridized carbons (Fsp3) is 0.227. The maximum atomic E-state index is 12.5. The predicted octanol–water partition coefficient (Wildman–Crippen LogP) is 4.87. The molecule has 6 nitrogen and oxygen atoms in total. The highest BCUT2D eigenvalue weighted by Crippen LogP contribution is 2.27. The summed E-state index contributed by atoms with van der Waals surface area (Å²) in [6.07, 6.45) is -0.124. The molecule has 0 saturated carbocycles. The number of nitrogens with zero attached hydrogens (tertiary/aromatic N) is 1. The van der Waals surface area contributed by atoms with Gasteiger partial charge in [-0.15, -0.1) is 11.3 Å². The number of esters is 1. The average molecular weight is 488 g/mol. The van der Waals surface area contributed by atoms with E-state index in [1.54, 1.807) is 12.1 Å². The molecule has 8 heteroatoms. The first-order valence-corrected chi connectivity index (χ1v) is 11.1. The monoisotopic (exact) mass is 487 g/mol. The van der Waals surface area contributed by atoms with Gasteiger partial charge in [-0.05, 0) is 43.7 Å². The number of benzene rings is 2. The molecule has 3 aromatic rings. The summed E-state index contributed by atoms with van der Waals surface area (Å²) in [6, 6.07) is 15.1. The van der Waals surface area contributed by atoms with Gasteiger partial charge in [-0.1, -0.05) is 40.2 Å². The molecule has 2 N–H and O–H groups in total. The lowest BCUT2D eigenvalue weighted by molar-refractivity contribution is -0.146. The average Bonchev–Trinajstić information content (AvgIpc) is 3.16. The first-order chi connectivity index (χ1) is 14.4. The van der Waals surface area contributed by atoms with Gasteiger partial charge in [0, 0.05) is 27.5 Å². The minimum atomic E-state index is -0.285. The van der Waals surface area contributed by atoms with E-state index in [0.717, 1.165) is 21.3 Å². The van der Waals surface area contributed by atoms with Crippen molar-refractivity contribution in [3.8, 4) is 11.3 Å². The van der Waals surface area contributed by atoms with Crippen LogP contribution in [0.3, 0.4) is 0 Å². The lowest BCUT2D eigenvalue weighted by atomic mass is 10.1. The van der Waals surface area contributed by atoms with Crippen molar-refractivity contribution in [1.29, 1.82) is 0 Å². The van der Waals surface area contributed by atoms with Gasteiger partial charge in [0.25, 0.3) is 5.91 Å². The zero-order valence-corrected chi connectivity index (χ0v) is 19.0. The van der Waals surface area contributed by atoms with E-state index in [-0.39, 0.29) is 24.5 Å². The number of thiazole rings is 1. The number of nitrogens with one attached hydrogen (secondary N) is 2. The van der Waals surface area contributed by atoms with Crippen LogP contribution in [0.25, 0.3) is 11.3 Å². The Bertz CT molecular complexity index is 1020. The molecule has 0 spiro atoms. The van der Waals surface area contributed by atoms with Crippen LogP contribution < -0.4 is 10.6 Å². The minimum Gasteiger partial charge on any atom is -0.462 e. The van der Waals surface area contributed by atoms with Crippen LogP contribution in [0.2, 0.25) is 0 Å². The Labute approximate surface area is 187 Å². The number of amides is 1. The quantitative estimate of drug-likeness (QED) is 0.443. The van der Waals surface area contributed by atoms with E-state index in [0.29, 0.717) is 17.2 Å². The van der Waals surface area contributed by atoms with Crippen molar-refractivity contribution in [1.82, 2.24) is 10.3 Å². The van der Waals surface area contributed by atoms with Crippen molar-refractivity contribution in [3.63, 3.8) is 0 Å². The third-order valence-electron chi connectivity index (χ3n) is 4.03. The fourth-order valence-electron chi connectivity index (χ4n) is 2.67. The molecular formula is C22H22BrN3O3S. The first kappa shape index (κ1) is 22.1. The number of aromatic nitrogens is 1. The molecule has 2 aromatic carbocycles. The highest BCUT2D eigenvalue weighted by atomic mass is 79.9. The molecule has 30 heavy (non-hydrogen) atoms. The molecule has 0 atom stereocenters. The molecule has 0 fully saturated rings. The van der Waals surface area contributed by atoms with Crippen LogP contribution in [0, 0.1) is 0 Å². The maximum Gasteiger partial charge on any atom is 0.320 e. The van der Waals surface area contributed by atoms with E-state index < -0.39 is 0 Å². The van der Waals surface area contributed by atoms with Gasteiger partial charge in [0.2, 0.25) is 0 Å². The van der Waals surface area contributed by atoms with Crippen molar-refractivity contribution in [2.24, 2.45) is 0 Å². The number of hydrogen-bond donors (Lipinski definition) is 2. The number of carbonyl (C=O) groups is 2. The molecule has 0 radical (unpaired) electrons. The van der Waals surface area contributed by atoms with Gasteiger partial charge in [0.1, 0.15) is 0 Å². The Morgan fingerprint density at radius 3 is 2.63 bits per heavy atom. The Morgan fingerprint density at radius 2 is 1.93 bits per heavy atom. The van der Waals surface area contributed by atoms with Crippen molar-refractivity contribution >= 4 is 44.3 Å². The summed E-state index contributed by atoms with van der Waals surface area (Å²) in [5.41, 5.74) is 3.30. The predicted molar refractivity (Wildman–Crippen MR) is 123 cm³/mol. The molecule has 0 saturated heterocycles. The van der Waals surface area contributed by atoms with Crippen LogP contribution in [0.15, 0.2) is 58.4 Å². The highest BCUT2D eigenvalue weighted by Gasteiger charge is 2.11. The molecule has 1 aromatic heterocycles. The molecule has 0 aliphatic carbocycles. The first-order valence-electron chi connectivity index (χ1n) is 9.42. The van der Waals surface area contributed by atoms with Crippen LogP contribution in [0.4, 0.5) is 5.13 Å². The molecule has 0 aliphatic rings. The van der Waals surface area contributed by atoms with E-state index in [2.05, 4.69) is 31.5 Å². The molecule has 3 rings (SSSR count). The van der Waals surface area contributed by atoms with E-state index in [9.17, 15) is 9.59 Å². The lowest BCUT2D eigenvalue weighted by Gasteiger charge is -2.09. The fourth-order valence-corrected chi connectivity index (χ4v) is 3.78. The van der Waals surface area contributed by atoms with E-state index >= 15 is 0 Å². The summed E-state index contributed by atoms with van der Waals surface area (Å²) < 4.78 is 6.05. The van der Waals surface area contributed by atoms with Crippen LogP contribution in [-0.4, -0.2) is 29.5 Å². The third-order valence-corrected chi connectivity index (χ3v) is 5.28. The lowest BCUT2D eigenvalue weighted by Crippen LogP contribution is -2.26. The number of hydrogen-bond acceptors (Lipinski definition) is 6. The second kappa shape index (κ2) is 10.5. The minimum absolute atomic E-state index is 0.124. The van der Waals surface area contributed by atoms with E-state index in [1.165, 1.54) is 11.3 Å². The SMILES string of the molecule is CC(C)OC(=O)CNCc1ccc(C(=O)Nc2nc(-c3cccc(Br)c3)cs2)cc1. The molecule has 0 unspecified atom stereocenters. The zero-order valence-electron chi connectivity index (χ0n) is 16.6. The van der Waals surface area contributed by atoms with Crippen molar-refractivity contribution in [2.45, 2.75) is 26.5 Å². The standard InChI is InChI=1S/C22H22BrN3O3S/c1-14(2)29-20(27)12-24-11-15-6-8-16(9-7-15)21(28)26-22-25-19(13-30-22)17-4-3-5-18(23)10-17/h3-10,13-14,24H,11-12H2,1-2H3,(H,25,26,28). The van der Waals surface area contributed by atoms with Gasteiger partial charge in [0.15, 0.2) is 5.13 Å². The van der Waals surface area contributed by atoms with Gasteiger partial charge < -0.3 is 10.1 Å². The second-order valence-corrected chi connectivity index (χ2v) is 8.62. The molecule has 1 amide bonds. The largest absolute Gasteiger partial charge is 0.462 e. The smallest absolute Gasteiger partial charge is 0.320 e. The molecule has 1 heterocycles. The summed E-state index contributed by atoms with van der Waals surface area (Å²) >= 11 is 4.84. The number of ether oxygens (including phenoxy) is 1. The van der Waals surface area contributed by atoms with Crippen LogP contribution in [0.1, 0.15) is 29.8 Å². The zero-order chi connectivity index (χ0) is 21.5. The number of rotatable bonds is 8. The molecule has 0 aliphatic heterocycles. The number of anilines is 1. The Morgan fingerprint density at radius 1 is 1.17 bits per heavy atom. The Hall–Kier alpha value is -2.55. The summed E-state index contributed by atoms with van der Waals surface area (Å²) in [5, 5.41) is 8.33. The maximum absolute atomic E-state index is 12.5. The van der Waals surface area contributed by atoms with Crippen molar-refractivity contribution in [3.05, 3.63) is 69.5 Å². The highest BCUT2D eigenvalue weighted by molar-refractivity contribution is 9.10. The third kappa shape index (κ3) is 6.48. The van der Waals surface area contributed by atoms with Gasteiger partial charge >= 0.3 is 5.97 Å². The van der Waals surface area contributed by atoms with E-state index in [1.807, 2.05) is 55.6 Å². The van der Waals surface area contributed by atoms with Gasteiger partial charge in [-0.25, -0.2) is 4.98 Å². The van der Waals surface area contributed by atoms with Crippen LogP contribution in [0.5, 0.6) is 0 Å². The summed E-state index contributed by atoms with van der Waals surface area (Å²) in [7, 11) is 0. The summed E-state index contributed by atoms with van der Waals surface area (Å²) in [6.45, 7) is 4.28. The summed E-state index contributed by atoms with van der Waals surface area (Å²) in [4.78, 5) is 28.5. The number of halogens is 1. The van der Waals surface area contributed by atoms with Crippen molar-refractivity contribution in [2.75, 3.05) is 11.9 Å². The topological polar surface area (TPSA) is 80.3 Å². The Balaban J connectivity index is 1.53. The molecular weight excluding hydrogens is 466 g/mol. The van der Waals surface area contributed by atoms with Crippen molar-refractivity contribution < 1.29 is 14.3 Å². The van der Waals surface area contributed by atoms with Gasteiger partial charge in [0.05, 0.1) is 18.3 Å².